The normalized spacial score (nSPS) is 36.8. The van der Waals surface area contributed by atoms with E-state index >= 15 is 0 Å². The zero-order valence-corrected chi connectivity index (χ0v) is 8.10. The average molecular weight is 172 g/mol. The van der Waals surface area contributed by atoms with E-state index in [2.05, 4.69) is 19.2 Å². The van der Waals surface area contributed by atoms with Gasteiger partial charge in [0.1, 0.15) is 0 Å². The van der Waals surface area contributed by atoms with Crippen LogP contribution in [0.2, 0.25) is 0 Å². The molecule has 0 bridgehead atoms. The van der Waals surface area contributed by atoms with Crippen LogP contribution in [0.15, 0.2) is 0 Å². The van der Waals surface area contributed by atoms with Crippen molar-refractivity contribution in [3.8, 4) is 0 Å². The molecule has 1 saturated heterocycles. The van der Waals surface area contributed by atoms with Crippen LogP contribution in [0, 0.1) is 0 Å². The molecule has 0 spiro atoms. The van der Waals surface area contributed by atoms with E-state index in [1.165, 1.54) is 0 Å². The standard InChI is InChI=1S/C9H20N2O/c1-8-9(2,4-3-5-10)12-7-6-11-8/h8,11H,3-7,10H2,1-2H3. The van der Waals surface area contributed by atoms with Crippen molar-refractivity contribution in [1.82, 2.24) is 5.32 Å². The van der Waals surface area contributed by atoms with Crippen LogP contribution < -0.4 is 11.1 Å². The molecule has 1 heterocycles. The summed E-state index contributed by atoms with van der Waals surface area (Å²) in [6.45, 7) is 6.89. The number of hydrogen-bond acceptors (Lipinski definition) is 3. The van der Waals surface area contributed by atoms with Gasteiger partial charge in [-0.3, -0.25) is 0 Å². The van der Waals surface area contributed by atoms with Crippen molar-refractivity contribution in [3.63, 3.8) is 0 Å². The van der Waals surface area contributed by atoms with Gasteiger partial charge in [0.2, 0.25) is 0 Å². The van der Waals surface area contributed by atoms with Gasteiger partial charge in [-0.05, 0) is 33.2 Å². The second kappa shape index (κ2) is 4.21. The molecule has 3 nitrogen and oxygen atoms in total. The third-order valence-corrected chi connectivity index (χ3v) is 2.78. The third kappa shape index (κ3) is 2.19. The molecule has 0 saturated carbocycles. The Labute approximate surface area is 74.7 Å². The van der Waals surface area contributed by atoms with Crippen LogP contribution in [0.3, 0.4) is 0 Å². The van der Waals surface area contributed by atoms with Gasteiger partial charge in [-0.15, -0.1) is 0 Å². The summed E-state index contributed by atoms with van der Waals surface area (Å²) >= 11 is 0. The van der Waals surface area contributed by atoms with E-state index in [1.54, 1.807) is 0 Å². The molecule has 0 amide bonds. The van der Waals surface area contributed by atoms with Crippen molar-refractivity contribution in [3.05, 3.63) is 0 Å². The molecule has 1 aliphatic heterocycles. The Balaban J connectivity index is 2.42. The number of nitrogens with one attached hydrogen (secondary N) is 1. The largest absolute Gasteiger partial charge is 0.372 e. The van der Waals surface area contributed by atoms with Gasteiger partial charge in [0.05, 0.1) is 12.2 Å². The van der Waals surface area contributed by atoms with Crippen molar-refractivity contribution >= 4 is 0 Å². The highest BCUT2D eigenvalue weighted by Gasteiger charge is 2.33. The minimum Gasteiger partial charge on any atom is -0.372 e. The Morgan fingerprint density at radius 2 is 2.42 bits per heavy atom. The number of morpholine rings is 1. The lowest BCUT2D eigenvalue weighted by Gasteiger charge is -2.40. The molecule has 0 aromatic carbocycles. The van der Waals surface area contributed by atoms with Crippen LogP contribution in [0.25, 0.3) is 0 Å². The van der Waals surface area contributed by atoms with E-state index in [1.807, 2.05) is 0 Å². The van der Waals surface area contributed by atoms with Crippen molar-refractivity contribution in [2.24, 2.45) is 5.73 Å². The Kier molecular flexibility index (Phi) is 3.50. The molecular weight excluding hydrogens is 152 g/mol. The van der Waals surface area contributed by atoms with Crippen molar-refractivity contribution in [2.45, 2.75) is 38.3 Å². The van der Waals surface area contributed by atoms with E-state index in [9.17, 15) is 0 Å². The van der Waals surface area contributed by atoms with Crippen molar-refractivity contribution in [2.75, 3.05) is 19.7 Å². The third-order valence-electron chi connectivity index (χ3n) is 2.78. The molecule has 3 N–H and O–H groups in total. The van der Waals surface area contributed by atoms with Gasteiger partial charge in [-0.1, -0.05) is 0 Å². The first kappa shape index (κ1) is 9.96. The Hall–Kier alpha value is -0.120. The fourth-order valence-corrected chi connectivity index (χ4v) is 1.64. The smallest absolute Gasteiger partial charge is 0.0805 e. The highest BCUT2D eigenvalue weighted by molar-refractivity contribution is 4.89. The Morgan fingerprint density at radius 3 is 3.00 bits per heavy atom. The molecule has 2 unspecified atom stereocenters. The van der Waals surface area contributed by atoms with Gasteiger partial charge in [0, 0.05) is 12.6 Å². The summed E-state index contributed by atoms with van der Waals surface area (Å²) in [6.07, 6.45) is 2.10. The van der Waals surface area contributed by atoms with E-state index in [0.717, 1.165) is 32.5 Å². The summed E-state index contributed by atoms with van der Waals surface area (Å²) in [4.78, 5) is 0. The first-order chi connectivity index (χ1) is 5.69. The lowest BCUT2D eigenvalue weighted by molar-refractivity contribution is -0.0850. The van der Waals surface area contributed by atoms with Crippen molar-refractivity contribution < 1.29 is 4.74 Å². The minimum absolute atomic E-state index is 0.00236. The predicted molar refractivity (Wildman–Crippen MR) is 50.1 cm³/mol. The molecule has 0 aromatic rings. The molecule has 0 aliphatic carbocycles. The van der Waals surface area contributed by atoms with Gasteiger partial charge in [0.25, 0.3) is 0 Å². The maximum atomic E-state index is 5.76. The van der Waals surface area contributed by atoms with Crippen LogP contribution in [-0.2, 0) is 4.74 Å². The van der Waals surface area contributed by atoms with Gasteiger partial charge in [0.15, 0.2) is 0 Å². The fraction of sp³-hybridized carbons (Fsp3) is 1.00. The topological polar surface area (TPSA) is 47.3 Å². The Morgan fingerprint density at radius 1 is 1.67 bits per heavy atom. The molecule has 1 fully saturated rings. The zero-order valence-electron chi connectivity index (χ0n) is 8.10. The van der Waals surface area contributed by atoms with Crippen LogP contribution in [0.4, 0.5) is 0 Å². The van der Waals surface area contributed by atoms with E-state index < -0.39 is 0 Å². The fourth-order valence-electron chi connectivity index (χ4n) is 1.64. The summed E-state index contributed by atoms with van der Waals surface area (Å²) in [5.74, 6) is 0. The summed E-state index contributed by atoms with van der Waals surface area (Å²) in [5.41, 5.74) is 5.47. The SMILES string of the molecule is CC1NCCOC1(C)CCCN. The number of nitrogens with two attached hydrogens (primary N) is 1. The molecule has 1 aliphatic rings. The average Bonchev–Trinajstić information content (AvgIpc) is 2.07. The minimum atomic E-state index is -0.00236. The lowest BCUT2D eigenvalue weighted by Crippen LogP contribution is -2.54. The monoisotopic (exact) mass is 172 g/mol. The quantitative estimate of drug-likeness (QED) is 0.651. The van der Waals surface area contributed by atoms with Gasteiger partial charge < -0.3 is 15.8 Å². The maximum Gasteiger partial charge on any atom is 0.0805 e. The summed E-state index contributed by atoms with van der Waals surface area (Å²) in [5, 5.41) is 3.42. The molecule has 2 atom stereocenters. The summed E-state index contributed by atoms with van der Waals surface area (Å²) in [7, 11) is 0. The molecule has 3 heteroatoms. The molecule has 0 radical (unpaired) electrons. The van der Waals surface area contributed by atoms with E-state index in [0.29, 0.717) is 6.04 Å². The van der Waals surface area contributed by atoms with Gasteiger partial charge >= 0.3 is 0 Å². The van der Waals surface area contributed by atoms with Crippen molar-refractivity contribution in [1.29, 1.82) is 0 Å². The van der Waals surface area contributed by atoms with E-state index in [-0.39, 0.29) is 5.60 Å². The summed E-state index contributed by atoms with van der Waals surface area (Å²) in [6, 6.07) is 0.442. The number of hydrogen-bond donors (Lipinski definition) is 2. The van der Waals surface area contributed by atoms with Crippen LogP contribution in [0.5, 0.6) is 0 Å². The second-order valence-electron chi connectivity index (χ2n) is 3.73. The number of ether oxygens (including phenoxy) is 1. The zero-order chi connectivity index (χ0) is 9.03. The van der Waals surface area contributed by atoms with Gasteiger partial charge in [-0.2, -0.15) is 0 Å². The maximum absolute atomic E-state index is 5.76. The molecule has 72 valence electrons. The highest BCUT2D eigenvalue weighted by Crippen LogP contribution is 2.23. The molecule has 0 aromatic heterocycles. The van der Waals surface area contributed by atoms with Gasteiger partial charge in [-0.25, -0.2) is 0 Å². The first-order valence-corrected chi connectivity index (χ1v) is 4.76. The Bertz CT molecular complexity index is 140. The second-order valence-corrected chi connectivity index (χ2v) is 3.73. The van der Waals surface area contributed by atoms with Crippen LogP contribution in [0.1, 0.15) is 26.7 Å². The van der Waals surface area contributed by atoms with E-state index in [4.69, 9.17) is 10.5 Å². The first-order valence-electron chi connectivity index (χ1n) is 4.76. The molecular formula is C9H20N2O. The van der Waals surface area contributed by atoms with Crippen LogP contribution in [-0.4, -0.2) is 31.3 Å². The lowest BCUT2D eigenvalue weighted by atomic mass is 9.91. The molecule has 1 rings (SSSR count). The van der Waals surface area contributed by atoms with Crippen LogP contribution >= 0.6 is 0 Å². The summed E-state index contributed by atoms with van der Waals surface area (Å²) < 4.78 is 5.76. The molecule has 12 heavy (non-hydrogen) atoms. The number of rotatable bonds is 3. The highest BCUT2D eigenvalue weighted by atomic mass is 16.5. The predicted octanol–water partition coefficient (Wildman–Crippen LogP) is 0.492.